The van der Waals surface area contributed by atoms with Gasteiger partial charge < -0.3 is 14.8 Å². The summed E-state index contributed by atoms with van der Waals surface area (Å²) in [7, 11) is 1.54. The standard InChI is InChI=1S/C21H25N3O4/c1-14-6-5-7-17(10-14)28-13-21(26)24-23-16(3)12-20(25)22-18-11-15(2)8-9-19(18)27-4/h5-11H,12-13H2,1-4H3,(H,22,25)(H,24,26)/b23-16-. The Morgan fingerprint density at radius 2 is 1.79 bits per heavy atom. The van der Waals surface area contributed by atoms with E-state index in [-0.39, 0.29) is 18.9 Å². The molecule has 0 atom stereocenters. The van der Waals surface area contributed by atoms with Crippen LogP contribution < -0.4 is 20.2 Å². The number of methoxy groups -OCH3 is 1. The zero-order valence-electron chi connectivity index (χ0n) is 16.5. The van der Waals surface area contributed by atoms with Gasteiger partial charge in [-0.2, -0.15) is 5.10 Å². The molecule has 0 aliphatic carbocycles. The summed E-state index contributed by atoms with van der Waals surface area (Å²) >= 11 is 0. The Kier molecular flexibility index (Phi) is 7.56. The van der Waals surface area contributed by atoms with Crippen molar-refractivity contribution in [2.75, 3.05) is 19.0 Å². The van der Waals surface area contributed by atoms with Crippen molar-refractivity contribution >= 4 is 23.2 Å². The minimum atomic E-state index is -0.401. The average Bonchev–Trinajstić information content (AvgIpc) is 2.65. The number of anilines is 1. The van der Waals surface area contributed by atoms with Crippen molar-refractivity contribution in [3.8, 4) is 11.5 Å². The third-order valence-electron chi connectivity index (χ3n) is 3.78. The molecule has 2 N–H and O–H groups in total. The summed E-state index contributed by atoms with van der Waals surface area (Å²) < 4.78 is 10.6. The molecule has 28 heavy (non-hydrogen) atoms. The van der Waals surface area contributed by atoms with Gasteiger partial charge in [-0.15, -0.1) is 0 Å². The molecule has 0 radical (unpaired) electrons. The number of rotatable bonds is 8. The van der Waals surface area contributed by atoms with Gasteiger partial charge in [-0.3, -0.25) is 9.59 Å². The number of amides is 2. The molecule has 0 unspecified atom stereocenters. The number of nitrogens with zero attached hydrogens (tertiary/aromatic N) is 1. The summed E-state index contributed by atoms with van der Waals surface area (Å²) in [4.78, 5) is 24.0. The van der Waals surface area contributed by atoms with Crippen LogP contribution in [0.3, 0.4) is 0 Å². The van der Waals surface area contributed by atoms with E-state index in [1.807, 2.05) is 44.2 Å². The highest BCUT2D eigenvalue weighted by Crippen LogP contribution is 2.25. The van der Waals surface area contributed by atoms with Gasteiger partial charge in [0.1, 0.15) is 11.5 Å². The maximum Gasteiger partial charge on any atom is 0.277 e. The van der Waals surface area contributed by atoms with Crippen LogP contribution in [-0.4, -0.2) is 31.2 Å². The molecule has 7 heteroatoms. The summed E-state index contributed by atoms with van der Waals surface area (Å²) in [6, 6.07) is 12.9. The number of carbonyl (C=O) groups excluding carboxylic acids is 2. The maximum absolute atomic E-state index is 12.2. The fourth-order valence-corrected chi connectivity index (χ4v) is 2.43. The van der Waals surface area contributed by atoms with E-state index < -0.39 is 5.91 Å². The van der Waals surface area contributed by atoms with Crippen molar-refractivity contribution in [3.63, 3.8) is 0 Å². The summed E-state index contributed by atoms with van der Waals surface area (Å²) in [5.74, 6) is 0.537. The van der Waals surface area contributed by atoms with Crippen molar-refractivity contribution in [1.82, 2.24) is 5.43 Å². The monoisotopic (exact) mass is 383 g/mol. The Balaban J connectivity index is 1.82. The quantitative estimate of drug-likeness (QED) is 0.541. The van der Waals surface area contributed by atoms with Crippen LogP contribution in [0.1, 0.15) is 24.5 Å². The number of ether oxygens (including phenoxy) is 2. The Morgan fingerprint density at radius 3 is 2.50 bits per heavy atom. The second-order valence-corrected chi connectivity index (χ2v) is 6.42. The molecule has 0 spiro atoms. The van der Waals surface area contributed by atoms with Crippen LogP contribution in [0, 0.1) is 13.8 Å². The van der Waals surface area contributed by atoms with E-state index in [4.69, 9.17) is 9.47 Å². The molecule has 2 amide bonds. The number of benzene rings is 2. The lowest BCUT2D eigenvalue weighted by atomic mass is 10.2. The third-order valence-corrected chi connectivity index (χ3v) is 3.78. The highest BCUT2D eigenvalue weighted by Gasteiger charge is 2.10. The summed E-state index contributed by atoms with van der Waals surface area (Å²) in [5, 5.41) is 6.73. The summed E-state index contributed by atoms with van der Waals surface area (Å²) in [6.07, 6.45) is 0.0378. The van der Waals surface area contributed by atoms with Crippen molar-refractivity contribution in [2.24, 2.45) is 5.10 Å². The Morgan fingerprint density at radius 1 is 1.04 bits per heavy atom. The Labute approximate surface area is 164 Å². The number of hydrazone groups is 1. The van der Waals surface area contributed by atoms with Gasteiger partial charge in [0.15, 0.2) is 6.61 Å². The molecule has 0 aliphatic heterocycles. The SMILES string of the molecule is COc1ccc(C)cc1NC(=O)C/C(C)=N\NC(=O)COc1cccc(C)c1. The average molecular weight is 383 g/mol. The molecule has 2 aromatic carbocycles. The summed E-state index contributed by atoms with van der Waals surface area (Å²) in [5.41, 5.74) is 5.49. The van der Waals surface area contributed by atoms with E-state index in [2.05, 4.69) is 15.8 Å². The first kappa shape index (κ1) is 21.0. The minimum absolute atomic E-state index is 0.0378. The number of aryl methyl sites for hydroxylation is 2. The fraction of sp³-hybridized carbons (Fsp3) is 0.286. The number of hydrogen-bond acceptors (Lipinski definition) is 5. The van der Waals surface area contributed by atoms with E-state index in [0.29, 0.717) is 22.9 Å². The molecule has 0 saturated carbocycles. The molecule has 2 rings (SSSR count). The predicted octanol–water partition coefficient (Wildman–Crippen LogP) is 3.21. The molecular weight excluding hydrogens is 358 g/mol. The first-order valence-corrected chi connectivity index (χ1v) is 8.83. The van der Waals surface area contributed by atoms with E-state index in [1.54, 1.807) is 26.2 Å². The van der Waals surface area contributed by atoms with E-state index in [0.717, 1.165) is 11.1 Å². The second kappa shape index (κ2) is 10.1. The molecule has 2 aromatic rings. The van der Waals surface area contributed by atoms with Crippen LogP contribution >= 0.6 is 0 Å². The van der Waals surface area contributed by atoms with Gasteiger partial charge in [0.05, 0.1) is 19.2 Å². The van der Waals surface area contributed by atoms with Gasteiger partial charge in [-0.25, -0.2) is 5.43 Å². The largest absolute Gasteiger partial charge is 0.495 e. The molecule has 0 heterocycles. The van der Waals surface area contributed by atoms with Crippen molar-refractivity contribution in [1.29, 1.82) is 0 Å². The highest BCUT2D eigenvalue weighted by atomic mass is 16.5. The molecule has 0 saturated heterocycles. The van der Waals surface area contributed by atoms with Gasteiger partial charge in [0.25, 0.3) is 5.91 Å². The molecule has 0 aromatic heterocycles. The molecule has 7 nitrogen and oxygen atoms in total. The molecule has 0 fully saturated rings. The van der Waals surface area contributed by atoms with Crippen LogP contribution in [0.2, 0.25) is 0 Å². The number of carbonyl (C=O) groups is 2. The van der Waals surface area contributed by atoms with Crippen molar-refractivity contribution in [2.45, 2.75) is 27.2 Å². The topological polar surface area (TPSA) is 89.0 Å². The summed E-state index contributed by atoms with van der Waals surface area (Å²) in [6.45, 7) is 5.37. The van der Waals surface area contributed by atoms with Crippen molar-refractivity contribution in [3.05, 3.63) is 53.6 Å². The Bertz CT molecular complexity index is 878. The zero-order valence-corrected chi connectivity index (χ0v) is 16.5. The minimum Gasteiger partial charge on any atom is -0.495 e. The Hall–Kier alpha value is -3.35. The molecular formula is C21H25N3O4. The lowest BCUT2D eigenvalue weighted by Crippen LogP contribution is -2.26. The van der Waals surface area contributed by atoms with Gasteiger partial charge >= 0.3 is 0 Å². The van der Waals surface area contributed by atoms with Gasteiger partial charge in [0.2, 0.25) is 5.91 Å². The van der Waals surface area contributed by atoms with Gasteiger partial charge in [-0.1, -0.05) is 18.2 Å². The number of hydrogen-bond donors (Lipinski definition) is 2. The fourth-order valence-electron chi connectivity index (χ4n) is 2.43. The first-order chi connectivity index (χ1) is 13.4. The normalized spacial score (nSPS) is 10.9. The van der Waals surface area contributed by atoms with Crippen LogP contribution in [0.15, 0.2) is 47.6 Å². The molecule has 148 valence electrons. The molecule has 0 bridgehead atoms. The van der Waals surface area contributed by atoms with E-state index >= 15 is 0 Å². The second-order valence-electron chi connectivity index (χ2n) is 6.42. The number of nitrogens with one attached hydrogen (secondary N) is 2. The lowest BCUT2D eigenvalue weighted by Gasteiger charge is -2.11. The molecule has 0 aliphatic rings. The van der Waals surface area contributed by atoms with Crippen molar-refractivity contribution < 1.29 is 19.1 Å². The van der Waals surface area contributed by atoms with Crippen LogP contribution in [0.25, 0.3) is 0 Å². The first-order valence-electron chi connectivity index (χ1n) is 8.83. The smallest absolute Gasteiger partial charge is 0.277 e. The zero-order chi connectivity index (χ0) is 20.5. The maximum atomic E-state index is 12.2. The highest BCUT2D eigenvalue weighted by molar-refractivity contribution is 6.06. The lowest BCUT2D eigenvalue weighted by molar-refractivity contribution is -0.123. The van der Waals surface area contributed by atoms with Crippen LogP contribution in [0.5, 0.6) is 11.5 Å². The van der Waals surface area contributed by atoms with E-state index in [1.165, 1.54) is 0 Å². The van der Waals surface area contributed by atoms with E-state index in [9.17, 15) is 9.59 Å². The predicted molar refractivity (Wildman–Crippen MR) is 109 cm³/mol. The van der Waals surface area contributed by atoms with Gasteiger partial charge in [0, 0.05) is 5.71 Å². The van der Waals surface area contributed by atoms with Gasteiger partial charge in [-0.05, 0) is 56.2 Å². The third kappa shape index (κ3) is 6.75. The van der Waals surface area contributed by atoms with Crippen LogP contribution in [-0.2, 0) is 9.59 Å². The van der Waals surface area contributed by atoms with Crippen LogP contribution in [0.4, 0.5) is 5.69 Å².